The van der Waals surface area contributed by atoms with Crippen molar-refractivity contribution in [3.63, 3.8) is 0 Å². The van der Waals surface area contributed by atoms with Crippen molar-refractivity contribution in [2.24, 2.45) is 0 Å². The summed E-state index contributed by atoms with van der Waals surface area (Å²) in [6.07, 6.45) is 0.757. The third-order valence-corrected chi connectivity index (χ3v) is 4.51. The highest BCUT2D eigenvalue weighted by molar-refractivity contribution is 5.80. The van der Waals surface area contributed by atoms with Gasteiger partial charge in [0, 0.05) is 31.7 Å². The number of carbonyl (C=O) groups excluding carboxylic acids is 1. The van der Waals surface area contributed by atoms with E-state index in [1.54, 1.807) is 0 Å². The molecule has 0 bridgehead atoms. The monoisotopic (exact) mass is 271 g/mol. The van der Waals surface area contributed by atoms with Crippen molar-refractivity contribution in [1.29, 1.82) is 0 Å². The molecule has 0 aliphatic carbocycles. The summed E-state index contributed by atoms with van der Waals surface area (Å²) < 4.78 is 4.90. The van der Waals surface area contributed by atoms with E-state index in [1.807, 2.05) is 14.0 Å². The molecule has 1 rings (SSSR count). The number of nitrogens with zero attached hydrogens (tertiary/aromatic N) is 2. The topological polar surface area (TPSA) is 44.8 Å². The zero-order chi connectivity index (χ0) is 14.6. The number of rotatable bonds is 5. The van der Waals surface area contributed by atoms with Crippen LogP contribution in [0.25, 0.3) is 0 Å². The van der Waals surface area contributed by atoms with Crippen molar-refractivity contribution in [1.82, 2.24) is 15.1 Å². The highest BCUT2D eigenvalue weighted by Crippen LogP contribution is 2.20. The van der Waals surface area contributed by atoms with Gasteiger partial charge in [-0.05, 0) is 41.3 Å². The van der Waals surface area contributed by atoms with Crippen molar-refractivity contribution >= 4 is 5.97 Å². The van der Waals surface area contributed by atoms with E-state index >= 15 is 0 Å². The van der Waals surface area contributed by atoms with Gasteiger partial charge in [-0.1, -0.05) is 0 Å². The molecule has 0 saturated carbocycles. The van der Waals surface area contributed by atoms with Crippen LogP contribution in [0.15, 0.2) is 0 Å². The van der Waals surface area contributed by atoms with Crippen LogP contribution in [0.5, 0.6) is 0 Å². The van der Waals surface area contributed by atoms with Crippen LogP contribution in [-0.2, 0) is 9.53 Å². The van der Waals surface area contributed by atoms with Crippen molar-refractivity contribution in [2.75, 3.05) is 40.8 Å². The zero-order valence-electron chi connectivity index (χ0n) is 13.2. The van der Waals surface area contributed by atoms with Crippen LogP contribution in [0.4, 0.5) is 0 Å². The average Bonchev–Trinajstić information content (AvgIpc) is 2.40. The van der Waals surface area contributed by atoms with Crippen molar-refractivity contribution in [2.45, 2.75) is 44.8 Å². The van der Waals surface area contributed by atoms with E-state index in [9.17, 15) is 4.79 Å². The lowest BCUT2D eigenvalue weighted by atomic mass is 9.92. The Morgan fingerprint density at radius 3 is 2.63 bits per heavy atom. The first-order chi connectivity index (χ1) is 8.84. The minimum Gasteiger partial charge on any atom is -0.468 e. The quantitative estimate of drug-likeness (QED) is 0.740. The van der Waals surface area contributed by atoms with Gasteiger partial charge in [0.05, 0.1) is 7.11 Å². The van der Waals surface area contributed by atoms with Crippen LogP contribution in [0.1, 0.15) is 27.2 Å². The molecule has 3 atom stereocenters. The van der Waals surface area contributed by atoms with Gasteiger partial charge in [-0.15, -0.1) is 0 Å². The highest BCUT2D eigenvalue weighted by Gasteiger charge is 2.36. The normalized spacial score (nSPS) is 26.7. The van der Waals surface area contributed by atoms with Gasteiger partial charge in [-0.2, -0.15) is 0 Å². The van der Waals surface area contributed by atoms with Gasteiger partial charge < -0.3 is 15.0 Å². The van der Waals surface area contributed by atoms with E-state index in [0.717, 1.165) is 26.1 Å². The Hall–Kier alpha value is -0.650. The molecular formula is C14H29N3O2. The maximum atomic E-state index is 11.9. The maximum absolute atomic E-state index is 11.9. The largest absolute Gasteiger partial charge is 0.468 e. The number of likely N-dealkylation sites (N-methyl/N-ethyl adjacent to an activating group) is 2. The lowest BCUT2D eigenvalue weighted by Crippen LogP contribution is -2.57. The number of nitrogens with one attached hydrogen (secondary N) is 1. The van der Waals surface area contributed by atoms with E-state index in [-0.39, 0.29) is 5.97 Å². The summed E-state index contributed by atoms with van der Waals surface area (Å²) in [5.74, 6) is -0.191. The van der Waals surface area contributed by atoms with Crippen molar-refractivity contribution in [3.8, 4) is 0 Å². The van der Waals surface area contributed by atoms with Crippen LogP contribution in [-0.4, -0.2) is 74.2 Å². The number of esters is 1. The van der Waals surface area contributed by atoms with E-state index in [0.29, 0.717) is 12.1 Å². The van der Waals surface area contributed by atoms with Gasteiger partial charge in [0.1, 0.15) is 5.54 Å². The molecular weight excluding hydrogens is 242 g/mol. The smallest absolute Gasteiger partial charge is 0.325 e. The number of hydrogen-bond acceptors (Lipinski definition) is 5. The zero-order valence-corrected chi connectivity index (χ0v) is 13.2. The maximum Gasteiger partial charge on any atom is 0.325 e. The molecule has 1 fully saturated rings. The van der Waals surface area contributed by atoms with Gasteiger partial charge in [0.25, 0.3) is 0 Å². The second kappa shape index (κ2) is 6.68. The molecule has 5 nitrogen and oxygen atoms in total. The standard InChI is InChI=1S/C14H29N3O2/c1-11(9-14(3,15-4)13(18)19-6)17-8-7-16(5)12(2)10-17/h11-12,15H,7-10H2,1-6H3. The molecule has 0 aromatic rings. The van der Waals surface area contributed by atoms with Gasteiger partial charge in [-0.25, -0.2) is 0 Å². The number of carbonyl (C=O) groups is 1. The molecule has 0 amide bonds. The summed E-state index contributed by atoms with van der Waals surface area (Å²) >= 11 is 0. The van der Waals surface area contributed by atoms with Crippen LogP contribution >= 0.6 is 0 Å². The minimum absolute atomic E-state index is 0.191. The minimum atomic E-state index is -0.610. The fourth-order valence-electron chi connectivity index (χ4n) is 2.71. The lowest BCUT2D eigenvalue weighted by molar-refractivity contribution is -0.148. The second-order valence-corrected chi connectivity index (χ2v) is 5.95. The molecule has 3 unspecified atom stereocenters. The molecule has 0 aromatic carbocycles. The number of piperazine rings is 1. The van der Waals surface area contributed by atoms with Crippen LogP contribution < -0.4 is 5.32 Å². The molecule has 1 aliphatic rings. The summed E-state index contributed by atoms with van der Waals surface area (Å²) in [5.41, 5.74) is -0.610. The Morgan fingerprint density at radius 1 is 1.53 bits per heavy atom. The summed E-state index contributed by atoms with van der Waals surface area (Å²) in [6.45, 7) is 9.55. The molecule has 0 spiro atoms. The van der Waals surface area contributed by atoms with E-state index in [4.69, 9.17) is 4.74 Å². The number of hydrogen-bond donors (Lipinski definition) is 1. The Morgan fingerprint density at radius 2 is 2.16 bits per heavy atom. The molecule has 0 aromatic heterocycles. The lowest BCUT2D eigenvalue weighted by Gasteiger charge is -2.42. The molecule has 5 heteroatoms. The molecule has 1 heterocycles. The first-order valence-electron chi connectivity index (χ1n) is 7.05. The molecule has 112 valence electrons. The van der Waals surface area contributed by atoms with E-state index < -0.39 is 5.54 Å². The summed E-state index contributed by atoms with van der Waals surface area (Å²) in [5, 5.41) is 3.11. The summed E-state index contributed by atoms with van der Waals surface area (Å²) in [6, 6.07) is 0.919. The molecule has 1 saturated heterocycles. The second-order valence-electron chi connectivity index (χ2n) is 5.95. The van der Waals surface area contributed by atoms with Gasteiger partial charge in [-0.3, -0.25) is 9.69 Å². The fourth-order valence-corrected chi connectivity index (χ4v) is 2.71. The molecule has 1 N–H and O–H groups in total. The third kappa shape index (κ3) is 3.91. The van der Waals surface area contributed by atoms with Gasteiger partial charge >= 0.3 is 5.97 Å². The predicted octanol–water partition coefficient (Wildman–Crippen LogP) is 0.552. The SMILES string of the molecule is CNC(C)(CC(C)N1CCN(C)C(C)C1)C(=O)OC. The molecule has 0 radical (unpaired) electrons. The third-order valence-electron chi connectivity index (χ3n) is 4.51. The first kappa shape index (κ1) is 16.4. The van der Waals surface area contributed by atoms with Gasteiger partial charge in [0.15, 0.2) is 0 Å². The Balaban J connectivity index is 2.63. The van der Waals surface area contributed by atoms with Crippen molar-refractivity contribution in [3.05, 3.63) is 0 Å². The first-order valence-corrected chi connectivity index (χ1v) is 7.05. The number of methoxy groups -OCH3 is 1. The van der Waals surface area contributed by atoms with Crippen LogP contribution in [0.2, 0.25) is 0 Å². The molecule has 19 heavy (non-hydrogen) atoms. The van der Waals surface area contributed by atoms with E-state index in [1.165, 1.54) is 7.11 Å². The van der Waals surface area contributed by atoms with Crippen LogP contribution in [0, 0.1) is 0 Å². The van der Waals surface area contributed by atoms with Crippen molar-refractivity contribution < 1.29 is 9.53 Å². The Labute approximate surface area is 117 Å². The van der Waals surface area contributed by atoms with Gasteiger partial charge in [0.2, 0.25) is 0 Å². The molecule has 1 aliphatic heterocycles. The highest BCUT2D eigenvalue weighted by atomic mass is 16.5. The predicted molar refractivity (Wildman–Crippen MR) is 77.2 cm³/mol. The Bertz CT molecular complexity index is 311. The summed E-state index contributed by atoms with van der Waals surface area (Å²) in [7, 11) is 5.43. The number of ether oxygens (including phenoxy) is 1. The van der Waals surface area contributed by atoms with Crippen LogP contribution in [0.3, 0.4) is 0 Å². The summed E-state index contributed by atoms with van der Waals surface area (Å²) in [4.78, 5) is 16.7. The average molecular weight is 271 g/mol. The fraction of sp³-hybridized carbons (Fsp3) is 0.929. The Kier molecular flexibility index (Phi) is 5.77. The van der Waals surface area contributed by atoms with E-state index in [2.05, 4.69) is 36.0 Å².